The number of benzene rings is 1. The molecule has 10 heteroatoms. The third-order valence-corrected chi connectivity index (χ3v) is 5.57. The van der Waals surface area contributed by atoms with E-state index in [9.17, 15) is 19.2 Å². The van der Waals surface area contributed by atoms with Crippen LogP contribution < -0.4 is 10.6 Å². The maximum Gasteiger partial charge on any atom is 0.339 e. The predicted octanol–water partition coefficient (Wildman–Crippen LogP) is 2.18. The number of nitrogens with zero attached hydrogens (tertiary/aromatic N) is 1. The van der Waals surface area contributed by atoms with E-state index in [1.807, 2.05) is 4.90 Å². The quantitative estimate of drug-likeness (QED) is 0.472. The summed E-state index contributed by atoms with van der Waals surface area (Å²) in [6.07, 6.45) is 3.50. The molecule has 0 atom stereocenters. The van der Waals surface area contributed by atoms with E-state index in [2.05, 4.69) is 10.6 Å². The zero-order valence-electron chi connectivity index (χ0n) is 16.8. The molecule has 164 valence electrons. The summed E-state index contributed by atoms with van der Waals surface area (Å²) in [4.78, 5) is 50.6. The molecule has 0 unspecified atom stereocenters. The van der Waals surface area contributed by atoms with Crippen molar-refractivity contribution >= 4 is 35.6 Å². The molecule has 2 heterocycles. The number of esters is 1. The number of furan rings is 1. The molecule has 1 aliphatic rings. The van der Waals surface area contributed by atoms with Gasteiger partial charge >= 0.3 is 12.0 Å². The Balaban J connectivity index is 1.44. The monoisotopic (exact) mass is 445 g/mol. The number of hydrogen-bond donors (Lipinski definition) is 2. The van der Waals surface area contributed by atoms with Crippen LogP contribution in [0.15, 0.2) is 52.0 Å². The van der Waals surface area contributed by atoms with Gasteiger partial charge in [-0.2, -0.15) is 0 Å². The predicted molar refractivity (Wildman–Crippen MR) is 112 cm³/mol. The molecule has 4 amide bonds. The van der Waals surface area contributed by atoms with E-state index in [1.54, 1.807) is 36.4 Å². The highest BCUT2D eigenvalue weighted by atomic mass is 32.2. The van der Waals surface area contributed by atoms with Crippen LogP contribution >= 0.6 is 11.8 Å². The Hall–Kier alpha value is -3.27. The van der Waals surface area contributed by atoms with Crippen molar-refractivity contribution in [1.82, 2.24) is 15.5 Å². The van der Waals surface area contributed by atoms with Crippen molar-refractivity contribution in [3.05, 3.63) is 54.0 Å². The summed E-state index contributed by atoms with van der Waals surface area (Å²) in [5.74, 6) is -0.680. The second-order valence-electron chi connectivity index (χ2n) is 6.76. The number of imide groups is 1. The first kappa shape index (κ1) is 22.4. The van der Waals surface area contributed by atoms with E-state index >= 15 is 0 Å². The minimum atomic E-state index is -0.764. The van der Waals surface area contributed by atoms with E-state index in [4.69, 9.17) is 9.15 Å². The highest BCUT2D eigenvalue weighted by molar-refractivity contribution is 8.00. The summed E-state index contributed by atoms with van der Waals surface area (Å²) in [5.41, 5.74) is 0.261. The lowest BCUT2D eigenvalue weighted by Crippen LogP contribution is -2.41. The van der Waals surface area contributed by atoms with Crippen molar-refractivity contribution in [1.29, 1.82) is 0 Å². The minimum Gasteiger partial charge on any atom is -0.467 e. The molecule has 0 spiro atoms. The molecule has 0 radical (unpaired) electrons. The Labute approximate surface area is 183 Å². The first-order valence-corrected chi connectivity index (χ1v) is 10.8. The Morgan fingerprint density at radius 3 is 2.58 bits per heavy atom. The van der Waals surface area contributed by atoms with Crippen LogP contribution in [-0.2, 0) is 20.9 Å². The fourth-order valence-corrected chi connectivity index (χ4v) is 3.90. The fraction of sp³-hybridized carbons (Fsp3) is 0.333. The van der Waals surface area contributed by atoms with Gasteiger partial charge in [0.2, 0.25) is 5.91 Å². The molecular weight excluding hydrogens is 422 g/mol. The maximum absolute atomic E-state index is 12.4. The number of hydrogen-bond acceptors (Lipinski definition) is 7. The Morgan fingerprint density at radius 2 is 1.84 bits per heavy atom. The van der Waals surface area contributed by atoms with Crippen molar-refractivity contribution in [3.63, 3.8) is 0 Å². The molecule has 2 aromatic rings. The second-order valence-corrected chi connectivity index (χ2v) is 7.78. The van der Waals surface area contributed by atoms with E-state index in [0.717, 1.165) is 25.9 Å². The van der Waals surface area contributed by atoms with Gasteiger partial charge in [0.05, 0.1) is 24.1 Å². The summed E-state index contributed by atoms with van der Waals surface area (Å²) in [5, 5.41) is 4.52. The van der Waals surface area contributed by atoms with Gasteiger partial charge in [-0.05, 0) is 37.1 Å². The molecule has 0 saturated carbocycles. The molecule has 2 N–H and O–H groups in total. The van der Waals surface area contributed by atoms with Crippen LogP contribution in [0.1, 0.15) is 29.0 Å². The van der Waals surface area contributed by atoms with Crippen molar-refractivity contribution < 1.29 is 28.3 Å². The van der Waals surface area contributed by atoms with Crippen molar-refractivity contribution in [2.45, 2.75) is 24.3 Å². The number of ether oxygens (including phenoxy) is 1. The number of rotatable bonds is 8. The van der Waals surface area contributed by atoms with E-state index in [-0.39, 0.29) is 23.8 Å². The molecular formula is C21H23N3O6S. The number of nitrogens with one attached hydrogen (secondary N) is 2. The topological polar surface area (TPSA) is 118 Å². The van der Waals surface area contributed by atoms with Gasteiger partial charge in [-0.15, -0.1) is 11.8 Å². The van der Waals surface area contributed by atoms with Gasteiger partial charge in [0.25, 0.3) is 5.91 Å². The van der Waals surface area contributed by atoms with Gasteiger partial charge in [-0.1, -0.05) is 12.1 Å². The molecule has 0 aliphatic carbocycles. The van der Waals surface area contributed by atoms with Gasteiger partial charge in [0.1, 0.15) is 5.76 Å². The zero-order valence-corrected chi connectivity index (χ0v) is 17.6. The van der Waals surface area contributed by atoms with Crippen molar-refractivity contribution in [2.24, 2.45) is 0 Å². The molecule has 3 rings (SSSR count). The van der Waals surface area contributed by atoms with Crippen molar-refractivity contribution in [3.8, 4) is 0 Å². The first-order chi connectivity index (χ1) is 15.0. The molecule has 1 aliphatic heterocycles. The average molecular weight is 445 g/mol. The number of amides is 4. The summed E-state index contributed by atoms with van der Waals surface area (Å²) < 4.78 is 10.1. The van der Waals surface area contributed by atoms with Crippen LogP contribution in [0.4, 0.5) is 4.79 Å². The first-order valence-electron chi connectivity index (χ1n) is 9.79. The van der Waals surface area contributed by atoms with E-state index in [1.165, 1.54) is 18.0 Å². The zero-order chi connectivity index (χ0) is 22.1. The van der Waals surface area contributed by atoms with Crippen LogP contribution in [0, 0.1) is 0 Å². The largest absolute Gasteiger partial charge is 0.467 e. The summed E-state index contributed by atoms with van der Waals surface area (Å²) in [6, 6.07) is 9.35. The second kappa shape index (κ2) is 11.2. The molecule has 1 aromatic heterocycles. The van der Waals surface area contributed by atoms with Crippen LogP contribution in [0.5, 0.6) is 0 Å². The molecule has 9 nitrogen and oxygen atoms in total. The summed E-state index contributed by atoms with van der Waals surface area (Å²) in [7, 11) is 0. The average Bonchev–Trinajstić information content (AvgIpc) is 3.49. The Morgan fingerprint density at radius 1 is 1.06 bits per heavy atom. The standard InChI is InChI=1S/C21H23N3O6S/c25-18(23-21(28)22-12-15-6-5-11-29-15)13-30-20(27)16-7-1-2-8-17(16)31-14-19(26)24-9-3-4-10-24/h1-2,5-8,11H,3-4,9-10,12-14H2,(H2,22,23,25,28). The van der Waals surface area contributed by atoms with Gasteiger partial charge in [-0.25, -0.2) is 9.59 Å². The molecule has 1 fully saturated rings. The Bertz CT molecular complexity index is 925. The molecule has 31 heavy (non-hydrogen) atoms. The lowest BCUT2D eigenvalue weighted by molar-refractivity contribution is -0.127. The highest BCUT2D eigenvalue weighted by Crippen LogP contribution is 2.24. The minimum absolute atomic E-state index is 0.0330. The van der Waals surface area contributed by atoms with E-state index in [0.29, 0.717) is 10.7 Å². The van der Waals surface area contributed by atoms with Gasteiger partial charge in [0, 0.05) is 18.0 Å². The van der Waals surface area contributed by atoms with Gasteiger partial charge < -0.3 is 19.4 Å². The van der Waals surface area contributed by atoms with Gasteiger partial charge in [-0.3, -0.25) is 14.9 Å². The summed E-state index contributed by atoms with van der Waals surface area (Å²) in [6.45, 7) is 1.05. The lowest BCUT2D eigenvalue weighted by atomic mass is 10.2. The number of thioether (sulfide) groups is 1. The third-order valence-electron chi connectivity index (χ3n) is 4.51. The lowest BCUT2D eigenvalue weighted by Gasteiger charge is -2.15. The SMILES string of the molecule is O=C(COC(=O)c1ccccc1SCC(=O)N1CCCC1)NC(=O)NCc1ccco1. The number of likely N-dealkylation sites (tertiary alicyclic amines) is 1. The third kappa shape index (κ3) is 6.88. The van der Waals surface area contributed by atoms with Crippen LogP contribution in [0.3, 0.4) is 0 Å². The number of urea groups is 1. The van der Waals surface area contributed by atoms with Crippen LogP contribution in [0.25, 0.3) is 0 Å². The molecule has 1 saturated heterocycles. The Kier molecular flexibility index (Phi) is 8.11. The maximum atomic E-state index is 12.4. The summed E-state index contributed by atoms with van der Waals surface area (Å²) >= 11 is 1.25. The fourth-order valence-electron chi connectivity index (χ4n) is 2.95. The number of carbonyl (C=O) groups excluding carboxylic acids is 4. The highest BCUT2D eigenvalue weighted by Gasteiger charge is 2.20. The van der Waals surface area contributed by atoms with E-state index < -0.39 is 24.5 Å². The number of carbonyl (C=O) groups is 4. The van der Waals surface area contributed by atoms with Crippen LogP contribution in [-0.4, -0.2) is 54.2 Å². The van der Waals surface area contributed by atoms with Gasteiger partial charge in [0.15, 0.2) is 6.61 Å². The molecule has 0 bridgehead atoms. The normalized spacial score (nSPS) is 13.0. The van der Waals surface area contributed by atoms with Crippen molar-refractivity contribution in [2.75, 3.05) is 25.4 Å². The smallest absolute Gasteiger partial charge is 0.339 e. The van der Waals surface area contributed by atoms with Crippen LogP contribution in [0.2, 0.25) is 0 Å². The molecule has 1 aromatic carbocycles.